The number of ether oxygens (including phenoxy) is 2. The zero-order valence-electron chi connectivity index (χ0n) is 13.1. The number of allylic oxidation sites excluding steroid dienone is 1. The summed E-state index contributed by atoms with van der Waals surface area (Å²) < 4.78 is 10.6. The van der Waals surface area contributed by atoms with Gasteiger partial charge >= 0.3 is 5.97 Å². The lowest BCUT2D eigenvalue weighted by Crippen LogP contribution is -2.46. The number of rotatable bonds is 4. The van der Waals surface area contributed by atoms with Gasteiger partial charge in [-0.1, -0.05) is 18.2 Å². The maximum absolute atomic E-state index is 11.9. The second kappa shape index (κ2) is 7.14. The SMILES string of the molecule is O=C1C=CN(C2OC(COC(=O)c3ccccc3)C(O)C2O)C(=O)C1. The van der Waals surface area contributed by atoms with Gasteiger partial charge in [-0.3, -0.25) is 14.5 Å². The number of amides is 1. The maximum Gasteiger partial charge on any atom is 0.338 e. The number of esters is 1. The third-order valence-corrected chi connectivity index (χ3v) is 4.03. The molecule has 0 saturated carbocycles. The molecule has 1 saturated heterocycles. The molecule has 1 fully saturated rings. The predicted molar refractivity (Wildman–Crippen MR) is 83.0 cm³/mol. The Bertz CT molecular complexity index is 702. The lowest BCUT2D eigenvalue weighted by molar-refractivity contribution is -0.148. The van der Waals surface area contributed by atoms with Crippen LogP contribution in [-0.2, 0) is 19.1 Å². The average Bonchev–Trinajstić information content (AvgIpc) is 2.89. The molecule has 4 atom stereocenters. The molecular formula is C17H17NO7. The highest BCUT2D eigenvalue weighted by Gasteiger charge is 2.47. The van der Waals surface area contributed by atoms with E-state index in [0.717, 1.165) is 4.90 Å². The second-order valence-electron chi connectivity index (χ2n) is 5.77. The molecule has 0 bridgehead atoms. The van der Waals surface area contributed by atoms with E-state index in [0.29, 0.717) is 5.56 Å². The lowest BCUT2D eigenvalue weighted by atomic mass is 10.1. The summed E-state index contributed by atoms with van der Waals surface area (Å²) in [5, 5.41) is 20.2. The quantitative estimate of drug-likeness (QED) is 0.563. The molecule has 8 heteroatoms. The van der Waals surface area contributed by atoms with Gasteiger partial charge in [0.05, 0.1) is 12.0 Å². The van der Waals surface area contributed by atoms with Crippen LogP contribution in [0.3, 0.4) is 0 Å². The van der Waals surface area contributed by atoms with Gasteiger partial charge in [-0.05, 0) is 18.2 Å². The van der Waals surface area contributed by atoms with E-state index in [4.69, 9.17) is 9.47 Å². The first-order valence-electron chi connectivity index (χ1n) is 7.73. The molecule has 1 amide bonds. The van der Waals surface area contributed by atoms with Crippen LogP contribution >= 0.6 is 0 Å². The molecule has 0 radical (unpaired) electrons. The highest BCUT2D eigenvalue weighted by molar-refractivity contribution is 6.06. The minimum atomic E-state index is -1.39. The van der Waals surface area contributed by atoms with Crippen molar-refractivity contribution in [2.24, 2.45) is 0 Å². The number of hydrogen-bond donors (Lipinski definition) is 2. The number of benzene rings is 1. The van der Waals surface area contributed by atoms with Crippen LogP contribution in [0.2, 0.25) is 0 Å². The molecule has 0 spiro atoms. The fourth-order valence-electron chi connectivity index (χ4n) is 2.68. The first kappa shape index (κ1) is 17.3. The van der Waals surface area contributed by atoms with Crippen molar-refractivity contribution in [1.82, 2.24) is 4.90 Å². The van der Waals surface area contributed by atoms with Crippen LogP contribution in [0, 0.1) is 0 Å². The number of carbonyl (C=O) groups is 3. The molecule has 2 aliphatic rings. The first-order valence-corrected chi connectivity index (χ1v) is 7.73. The Morgan fingerprint density at radius 1 is 1.20 bits per heavy atom. The normalized spacial score (nSPS) is 29.1. The summed E-state index contributed by atoms with van der Waals surface area (Å²) in [5.41, 5.74) is 0.347. The van der Waals surface area contributed by atoms with Crippen molar-refractivity contribution < 1.29 is 34.1 Å². The maximum atomic E-state index is 11.9. The van der Waals surface area contributed by atoms with Crippen LogP contribution in [0.15, 0.2) is 42.6 Å². The number of aliphatic hydroxyl groups is 2. The Balaban J connectivity index is 1.62. The van der Waals surface area contributed by atoms with Gasteiger partial charge in [-0.2, -0.15) is 0 Å². The molecule has 4 unspecified atom stereocenters. The molecule has 2 aliphatic heterocycles. The van der Waals surface area contributed by atoms with Crippen LogP contribution in [0.25, 0.3) is 0 Å². The van der Waals surface area contributed by atoms with Gasteiger partial charge in [-0.15, -0.1) is 0 Å². The number of ketones is 1. The summed E-state index contributed by atoms with van der Waals surface area (Å²) in [6.45, 7) is -0.285. The van der Waals surface area contributed by atoms with Gasteiger partial charge in [0, 0.05) is 6.20 Å². The smallest absolute Gasteiger partial charge is 0.338 e. The molecule has 0 aromatic heterocycles. The minimum absolute atomic E-state index is 0.285. The topological polar surface area (TPSA) is 113 Å². The van der Waals surface area contributed by atoms with Gasteiger partial charge in [0.15, 0.2) is 12.0 Å². The van der Waals surface area contributed by atoms with E-state index in [1.807, 2.05) is 0 Å². The number of aliphatic hydroxyl groups excluding tert-OH is 2. The van der Waals surface area contributed by atoms with E-state index in [-0.39, 0.29) is 18.8 Å². The van der Waals surface area contributed by atoms with Crippen LogP contribution in [0.5, 0.6) is 0 Å². The summed E-state index contributed by atoms with van der Waals surface area (Å²) in [4.78, 5) is 36.1. The van der Waals surface area contributed by atoms with Crippen LogP contribution in [0.1, 0.15) is 16.8 Å². The minimum Gasteiger partial charge on any atom is -0.459 e. The van der Waals surface area contributed by atoms with Crippen LogP contribution in [0.4, 0.5) is 0 Å². The van der Waals surface area contributed by atoms with Crippen molar-refractivity contribution in [2.75, 3.05) is 6.61 Å². The summed E-state index contributed by atoms with van der Waals surface area (Å²) in [7, 11) is 0. The lowest BCUT2D eigenvalue weighted by Gasteiger charge is -2.28. The average molecular weight is 347 g/mol. The van der Waals surface area contributed by atoms with E-state index >= 15 is 0 Å². The Kier molecular flexibility index (Phi) is 4.93. The molecule has 25 heavy (non-hydrogen) atoms. The zero-order chi connectivity index (χ0) is 18.0. The van der Waals surface area contributed by atoms with E-state index in [2.05, 4.69) is 0 Å². The van der Waals surface area contributed by atoms with Gasteiger partial charge in [0.25, 0.3) is 0 Å². The highest BCUT2D eigenvalue weighted by atomic mass is 16.6. The first-order chi connectivity index (χ1) is 12.0. The third-order valence-electron chi connectivity index (χ3n) is 4.03. The Morgan fingerprint density at radius 2 is 1.92 bits per heavy atom. The van der Waals surface area contributed by atoms with Crippen molar-refractivity contribution in [3.63, 3.8) is 0 Å². The van der Waals surface area contributed by atoms with E-state index in [1.165, 1.54) is 12.3 Å². The third kappa shape index (κ3) is 3.60. The van der Waals surface area contributed by atoms with Gasteiger partial charge < -0.3 is 19.7 Å². The van der Waals surface area contributed by atoms with Gasteiger partial charge in [-0.25, -0.2) is 4.79 Å². The van der Waals surface area contributed by atoms with Crippen LogP contribution in [-0.4, -0.2) is 63.9 Å². The Labute approximate surface area is 143 Å². The number of nitrogens with zero attached hydrogens (tertiary/aromatic N) is 1. The van der Waals surface area contributed by atoms with Crippen molar-refractivity contribution in [3.05, 3.63) is 48.2 Å². The largest absolute Gasteiger partial charge is 0.459 e. The molecule has 2 heterocycles. The zero-order valence-corrected chi connectivity index (χ0v) is 13.1. The van der Waals surface area contributed by atoms with Gasteiger partial charge in [0.1, 0.15) is 24.9 Å². The molecule has 1 aromatic rings. The van der Waals surface area contributed by atoms with Crippen molar-refractivity contribution in [2.45, 2.75) is 31.0 Å². The highest BCUT2D eigenvalue weighted by Crippen LogP contribution is 2.26. The fraction of sp³-hybridized carbons (Fsp3) is 0.353. The predicted octanol–water partition coefficient (Wildman–Crippen LogP) is -0.395. The van der Waals surface area contributed by atoms with E-state index in [1.54, 1.807) is 30.3 Å². The van der Waals surface area contributed by atoms with Gasteiger partial charge in [0.2, 0.25) is 5.91 Å². The molecular weight excluding hydrogens is 330 g/mol. The molecule has 8 nitrogen and oxygen atoms in total. The standard InChI is InChI=1S/C17H17NO7/c19-11-6-7-18(13(20)8-11)16-15(22)14(21)12(25-16)9-24-17(23)10-4-2-1-3-5-10/h1-7,12,14-16,21-22H,8-9H2. The summed E-state index contributed by atoms with van der Waals surface area (Å²) >= 11 is 0. The van der Waals surface area contributed by atoms with E-state index in [9.17, 15) is 24.6 Å². The molecule has 1 aromatic carbocycles. The second-order valence-corrected chi connectivity index (χ2v) is 5.77. The summed E-state index contributed by atoms with van der Waals surface area (Å²) in [5.74, 6) is -1.47. The monoisotopic (exact) mass is 347 g/mol. The molecule has 3 rings (SSSR count). The number of carbonyl (C=O) groups excluding carboxylic acids is 3. The van der Waals surface area contributed by atoms with Crippen LogP contribution < -0.4 is 0 Å². The van der Waals surface area contributed by atoms with E-state index < -0.39 is 36.4 Å². The molecule has 0 aliphatic carbocycles. The summed E-state index contributed by atoms with van der Waals surface area (Å²) in [6.07, 6.45) is -2.78. The van der Waals surface area contributed by atoms with Crippen molar-refractivity contribution in [3.8, 4) is 0 Å². The van der Waals surface area contributed by atoms with Crippen molar-refractivity contribution >= 4 is 17.7 Å². The fourth-order valence-corrected chi connectivity index (χ4v) is 2.68. The molecule has 2 N–H and O–H groups in total. The Hall–Kier alpha value is -2.55. The van der Waals surface area contributed by atoms with Crippen molar-refractivity contribution in [1.29, 1.82) is 0 Å². The summed E-state index contributed by atoms with van der Waals surface area (Å²) in [6, 6.07) is 8.30. The Morgan fingerprint density at radius 3 is 2.60 bits per heavy atom. The molecule has 132 valence electrons. The number of hydrogen-bond acceptors (Lipinski definition) is 7.